The van der Waals surface area contributed by atoms with E-state index in [2.05, 4.69) is 21.2 Å². The number of amides is 1. The number of ether oxygens (including phenoxy) is 1. The van der Waals surface area contributed by atoms with E-state index in [1.807, 2.05) is 27.7 Å². The van der Waals surface area contributed by atoms with Crippen LogP contribution in [0, 0.1) is 0 Å². The predicted molar refractivity (Wildman–Crippen MR) is 59.6 cm³/mol. The van der Waals surface area contributed by atoms with Crippen LogP contribution < -0.4 is 5.32 Å². The van der Waals surface area contributed by atoms with Gasteiger partial charge in [0.15, 0.2) is 0 Å². The van der Waals surface area contributed by atoms with Crippen LogP contribution in [0.25, 0.3) is 0 Å². The SMILES string of the molecule is CC1OCCC1(C)NC(=O)C(C)(C)Br. The maximum absolute atomic E-state index is 11.8. The summed E-state index contributed by atoms with van der Waals surface area (Å²) in [4.78, 5) is 11.8. The normalized spacial score (nSPS) is 33.1. The number of halogens is 1. The third-order valence-electron chi connectivity index (χ3n) is 2.83. The van der Waals surface area contributed by atoms with E-state index in [-0.39, 0.29) is 17.6 Å². The molecule has 1 rings (SSSR count). The molecule has 1 heterocycles. The highest BCUT2D eigenvalue weighted by atomic mass is 79.9. The first-order valence-electron chi connectivity index (χ1n) is 4.89. The van der Waals surface area contributed by atoms with Crippen molar-refractivity contribution in [2.24, 2.45) is 0 Å². The second kappa shape index (κ2) is 3.81. The van der Waals surface area contributed by atoms with Crippen LogP contribution >= 0.6 is 15.9 Å². The maximum atomic E-state index is 11.8. The van der Waals surface area contributed by atoms with E-state index in [0.29, 0.717) is 0 Å². The Bertz CT molecular complexity index is 237. The van der Waals surface area contributed by atoms with Crippen molar-refractivity contribution in [3.05, 3.63) is 0 Å². The Morgan fingerprint density at radius 2 is 2.21 bits per heavy atom. The van der Waals surface area contributed by atoms with Crippen LogP contribution in [0.15, 0.2) is 0 Å². The molecule has 1 saturated heterocycles. The lowest BCUT2D eigenvalue weighted by molar-refractivity contribution is -0.124. The average molecular weight is 264 g/mol. The van der Waals surface area contributed by atoms with Crippen molar-refractivity contribution in [2.75, 3.05) is 6.61 Å². The molecule has 1 amide bonds. The Labute approximate surface area is 93.7 Å². The average Bonchev–Trinajstić information content (AvgIpc) is 2.30. The summed E-state index contributed by atoms with van der Waals surface area (Å²) in [6.07, 6.45) is 0.962. The van der Waals surface area contributed by atoms with Gasteiger partial charge in [0, 0.05) is 6.61 Å². The standard InChI is InChI=1S/C10H18BrNO2/c1-7-10(4,5-6-14-7)12-8(13)9(2,3)11/h7H,5-6H2,1-4H3,(H,12,13). The van der Waals surface area contributed by atoms with Gasteiger partial charge in [0.2, 0.25) is 5.91 Å². The summed E-state index contributed by atoms with van der Waals surface area (Å²) in [7, 11) is 0. The van der Waals surface area contributed by atoms with Gasteiger partial charge in [0.25, 0.3) is 0 Å². The fourth-order valence-electron chi connectivity index (χ4n) is 1.41. The van der Waals surface area contributed by atoms with Gasteiger partial charge >= 0.3 is 0 Å². The Kier molecular flexibility index (Phi) is 3.26. The van der Waals surface area contributed by atoms with Gasteiger partial charge in [0.05, 0.1) is 16.0 Å². The largest absolute Gasteiger partial charge is 0.376 e. The van der Waals surface area contributed by atoms with Gasteiger partial charge in [-0.05, 0) is 34.1 Å². The molecule has 1 N–H and O–H groups in total. The van der Waals surface area contributed by atoms with Crippen LogP contribution in [0.1, 0.15) is 34.1 Å². The molecule has 0 aromatic rings. The summed E-state index contributed by atoms with van der Waals surface area (Å²) in [6, 6.07) is 0. The second-order valence-corrected chi connectivity index (χ2v) is 6.59. The van der Waals surface area contributed by atoms with E-state index in [4.69, 9.17) is 4.74 Å². The van der Waals surface area contributed by atoms with Crippen molar-refractivity contribution < 1.29 is 9.53 Å². The summed E-state index contributed by atoms with van der Waals surface area (Å²) in [5, 5.41) is 3.03. The Balaban J connectivity index is 2.64. The van der Waals surface area contributed by atoms with Gasteiger partial charge in [-0.2, -0.15) is 0 Å². The molecule has 1 aliphatic heterocycles. The van der Waals surface area contributed by atoms with Crippen LogP contribution in [0.3, 0.4) is 0 Å². The van der Waals surface area contributed by atoms with Gasteiger partial charge in [-0.25, -0.2) is 0 Å². The molecule has 2 unspecified atom stereocenters. The molecule has 14 heavy (non-hydrogen) atoms. The minimum Gasteiger partial charge on any atom is -0.376 e. The number of carbonyl (C=O) groups excluding carboxylic acids is 1. The summed E-state index contributed by atoms with van der Waals surface area (Å²) in [5.41, 5.74) is -0.220. The Morgan fingerprint density at radius 3 is 2.57 bits per heavy atom. The lowest BCUT2D eigenvalue weighted by Gasteiger charge is -2.31. The first-order chi connectivity index (χ1) is 6.26. The minimum absolute atomic E-state index is 0.0114. The molecular formula is C10H18BrNO2. The highest BCUT2D eigenvalue weighted by Crippen LogP contribution is 2.27. The highest BCUT2D eigenvalue weighted by molar-refractivity contribution is 9.10. The van der Waals surface area contributed by atoms with Crippen LogP contribution in [0.2, 0.25) is 0 Å². The third-order valence-corrected chi connectivity index (χ3v) is 3.19. The smallest absolute Gasteiger partial charge is 0.236 e. The Hall–Kier alpha value is -0.0900. The molecule has 82 valence electrons. The first-order valence-corrected chi connectivity index (χ1v) is 5.68. The van der Waals surface area contributed by atoms with E-state index in [0.717, 1.165) is 13.0 Å². The van der Waals surface area contributed by atoms with E-state index in [9.17, 15) is 4.79 Å². The number of nitrogens with one attached hydrogen (secondary N) is 1. The van der Waals surface area contributed by atoms with Gasteiger partial charge < -0.3 is 10.1 Å². The molecule has 0 aromatic carbocycles. The fourth-order valence-corrected chi connectivity index (χ4v) is 1.51. The van der Waals surface area contributed by atoms with Gasteiger partial charge in [-0.1, -0.05) is 15.9 Å². The van der Waals surface area contributed by atoms with E-state index in [1.165, 1.54) is 0 Å². The lowest BCUT2D eigenvalue weighted by atomic mass is 9.94. The third kappa shape index (κ3) is 2.48. The van der Waals surface area contributed by atoms with Crippen LogP contribution in [-0.4, -0.2) is 28.5 Å². The zero-order valence-corrected chi connectivity index (χ0v) is 10.8. The van der Waals surface area contributed by atoms with E-state index >= 15 is 0 Å². The first kappa shape index (κ1) is 12.0. The predicted octanol–water partition coefficient (Wildman–Crippen LogP) is 1.84. The molecule has 0 saturated carbocycles. The summed E-state index contributed by atoms with van der Waals surface area (Å²) in [5.74, 6) is 0.0114. The van der Waals surface area contributed by atoms with Crippen molar-refractivity contribution >= 4 is 21.8 Å². The topological polar surface area (TPSA) is 38.3 Å². The molecule has 2 atom stereocenters. The van der Waals surface area contributed by atoms with Crippen molar-refractivity contribution in [1.82, 2.24) is 5.32 Å². The van der Waals surface area contributed by atoms with Gasteiger partial charge in [-0.15, -0.1) is 0 Å². The number of carbonyl (C=O) groups is 1. The second-order valence-electron chi connectivity index (χ2n) is 4.61. The summed E-state index contributed by atoms with van der Waals surface area (Å²) < 4.78 is 4.94. The number of alkyl halides is 1. The van der Waals surface area contributed by atoms with E-state index in [1.54, 1.807) is 0 Å². The zero-order chi connectivity index (χ0) is 11.0. The molecule has 0 aromatic heterocycles. The molecule has 0 radical (unpaired) electrons. The van der Waals surface area contributed by atoms with Crippen molar-refractivity contribution in [3.8, 4) is 0 Å². The molecule has 0 bridgehead atoms. The maximum Gasteiger partial charge on any atom is 0.236 e. The molecule has 3 nitrogen and oxygen atoms in total. The molecule has 0 aliphatic carbocycles. The van der Waals surface area contributed by atoms with Crippen molar-refractivity contribution in [3.63, 3.8) is 0 Å². The van der Waals surface area contributed by atoms with Gasteiger partial charge in [0.1, 0.15) is 0 Å². The summed E-state index contributed by atoms with van der Waals surface area (Å²) in [6.45, 7) is 8.43. The van der Waals surface area contributed by atoms with Gasteiger partial charge in [-0.3, -0.25) is 4.79 Å². The Morgan fingerprint density at radius 1 is 1.64 bits per heavy atom. The summed E-state index contributed by atoms with van der Waals surface area (Å²) >= 11 is 3.34. The molecule has 1 fully saturated rings. The van der Waals surface area contributed by atoms with Crippen LogP contribution in [-0.2, 0) is 9.53 Å². The molecule has 4 heteroatoms. The highest BCUT2D eigenvalue weighted by Gasteiger charge is 2.40. The zero-order valence-electron chi connectivity index (χ0n) is 9.19. The van der Waals surface area contributed by atoms with Crippen LogP contribution in [0.4, 0.5) is 0 Å². The number of hydrogen-bond acceptors (Lipinski definition) is 2. The van der Waals surface area contributed by atoms with E-state index < -0.39 is 4.32 Å². The lowest BCUT2D eigenvalue weighted by Crippen LogP contribution is -2.54. The van der Waals surface area contributed by atoms with Crippen molar-refractivity contribution in [2.45, 2.75) is 50.1 Å². The quantitative estimate of drug-likeness (QED) is 0.773. The monoisotopic (exact) mass is 263 g/mol. The fraction of sp³-hybridized carbons (Fsp3) is 0.900. The minimum atomic E-state index is -0.516. The number of hydrogen-bond donors (Lipinski definition) is 1. The van der Waals surface area contributed by atoms with Crippen molar-refractivity contribution in [1.29, 1.82) is 0 Å². The molecular weight excluding hydrogens is 246 g/mol. The van der Waals surface area contributed by atoms with Crippen LogP contribution in [0.5, 0.6) is 0 Å². The molecule has 1 aliphatic rings. The molecule has 0 spiro atoms. The number of rotatable bonds is 2.